The molecule has 0 bridgehead atoms. The van der Waals surface area contributed by atoms with E-state index in [4.69, 9.17) is 9.26 Å². The number of hydrogen-bond donors (Lipinski definition) is 1. The smallest absolute Gasteiger partial charge is 0.305 e. The van der Waals surface area contributed by atoms with Crippen molar-refractivity contribution in [3.8, 4) is 23.2 Å². The van der Waals surface area contributed by atoms with Crippen molar-refractivity contribution >= 4 is 5.97 Å². The van der Waals surface area contributed by atoms with Gasteiger partial charge in [0.1, 0.15) is 17.6 Å². The number of esters is 1. The van der Waals surface area contributed by atoms with Gasteiger partial charge in [-0.1, -0.05) is 17.0 Å². The number of aliphatic hydroxyl groups is 1. The van der Waals surface area contributed by atoms with Crippen molar-refractivity contribution < 1.29 is 19.2 Å². The molecule has 188 valence electrons. The molecule has 8 heteroatoms. The first-order chi connectivity index (χ1) is 17.5. The molecular weight excluding hydrogens is 456 g/mol. The highest BCUT2D eigenvalue weighted by Gasteiger charge is 2.54. The third-order valence-corrected chi connectivity index (χ3v) is 7.00. The number of nitrogens with zero attached hydrogens (tertiary/aromatic N) is 4. The van der Waals surface area contributed by atoms with Crippen LogP contribution in [0.25, 0.3) is 11.3 Å². The highest BCUT2D eigenvalue weighted by Crippen LogP contribution is 2.51. The lowest BCUT2D eigenvalue weighted by Gasteiger charge is -2.17. The number of ether oxygens (including phenoxy) is 1. The maximum atomic E-state index is 11.5. The number of carbonyl (C=O) groups excluding carboxylic acids is 1. The first-order valence-electron chi connectivity index (χ1n) is 12.7. The zero-order valence-corrected chi connectivity index (χ0v) is 20.8. The number of rotatable bonds is 9. The van der Waals surface area contributed by atoms with Gasteiger partial charge >= 0.3 is 5.97 Å². The minimum absolute atomic E-state index is 0.0962. The van der Waals surface area contributed by atoms with E-state index in [1.807, 2.05) is 48.0 Å². The zero-order valence-electron chi connectivity index (χ0n) is 20.8. The van der Waals surface area contributed by atoms with E-state index in [-0.39, 0.29) is 5.97 Å². The molecule has 3 aromatic rings. The van der Waals surface area contributed by atoms with Crippen molar-refractivity contribution in [2.75, 3.05) is 26.2 Å². The second-order valence-electron chi connectivity index (χ2n) is 9.64. The number of carbonyl (C=O) groups is 1. The van der Waals surface area contributed by atoms with E-state index in [1.54, 1.807) is 13.1 Å². The molecule has 3 heterocycles. The summed E-state index contributed by atoms with van der Waals surface area (Å²) in [5.41, 5.74) is 2.71. The summed E-state index contributed by atoms with van der Waals surface area (Å²) in [4.78, 5) is 18.1. The highest BCUT2D eigenvalue weighted by atomic mass is 16.5. The molecule has 3 atom stereocenters. The van der Waals surface area contributed by atoms with Gasteiger partial charge in [-0.2, -0.15) is 0 Å². The van der Waals surface area contributed by atoms with Gasteiger partial charge in [0.2, 0.25) is 0 Å². The lowest BCUT2D eigenvalue weighted by Crippen LogP contribution is -2.26. The Morgan fingerprint density at radius 3 is 2.78 bits per heavy atom. The molecule has 2 fully saturated rings. The van der Waals surface area contributed by atoms with Gasteiger partial charge in [0.15, 0.2) is 5.76 Å². The number of likely N-dealkylation sites (tertiary alicyclic amines) is 1. The van der Waals surface area contributed by atoms with Crippen LogP contribution in [0.5, 0.6) is 0 Å². The van der Waals surface area contributed by atoms with E-state index in [9.17, 15) is 9.90 Å². The molecule has 1 aliphatic heterocycles. The minimum Gasteiger partial charge on any atom is -0.466 e. The third kappa shape index (κ3) is 5.53. The van der Waals surface area contributed by atoms with Crippen LogP contribution in [-0.2, 0) is 16.1 Å². The van der Waals surface area contributed by atoms with Gasteiger partial charge in [0.05, 0.1) is 13.2 Å². The predicted octanol–water partition coefficient (Wildman–Crippen LogP) is 3.51. The Bertz CT molecular complexity index is 1240. The molecular formula is C28H32N4O4. The largest absolute Gasteiger partial charge is 0.466 e. The van der Waals surface area contributed by atoms with E-state index in [0.29, 0.717) is 48.9 Å². The van der Waals surface area contributed by atoms with E-state index in [1.165, 1.54) is 0 Å². The average molecular weight is 489 g/mol. The topological polar surface area (TPSA) is 93.6 Å². The Labute approximate surface area is 211 Å². The Hall–Kier alpha value is -3.41. The Balaban J connectivity index is 1.10. The summed E-state index contributed by atoms with van der Waals surface area (Å²) >= 11 is 0. The van der Waals surface area contributed by atoms with Gasteiger partial charge in [-0.3, -0.25) is 4.79 Å². The van der Waals surface area contributed by atoms with Gasteiger partial charge in [-0.15, -0.1) is 0 Å². The second-order valence-corrected chi connectivity index (χ2v) is 9.64. The van der Waals surface area contributed by atoms with Crippen molar-refractivity contribution in [3.05, 3.63) is 59.8 Å². The molecule has 2 unspecified atom stereocenters. The van der Waals surface area contributed by atoms with E-state index in [2.05, 4.69) is 26.9 Å². The lowest BCUT2D eigenvalue weighted by atomic mass is 10.1. The Morgan fingerprint density at radius 2 is 2.06 bits per heavy atom. The minimum atomic E-state index is -0.642. The molecule has 1 saturated heterocycles. The molecule has 1 aromatic carbocycles. The van der Waals surface area contributed by atoms with Crippen LogP contribution in [0.15, 0.2) is 47.2 Å². The zero-order chi connectivity index (χ0) is 25.1. The van der Waals surface area contributed by atoms with Crippen LogP contribution in [0.4, 0.5) is 0 Å². The van der Waals surface area contributed by atoms with Crippen molar-refractivity contribution in [2.45, 2.75) is 39.3 Å². The van der Waals surface area contributed by atoms with Crippen LogP contribution in [-0.4, -0.2) is 56.9 Å². The molecule has 2 aromatic heterocycles. The fourth-order valence-electron chi connectivity index (χ4n) is 5.09. The SMILES string of the molecule is CCOC(=O)CCCN1CC2C(C#Cc3ccc(-c4cc(Cn5ccnc5[C@H](C)O)no4)cc3)C2C1. The maximum absolute atomic E-state index is 11.5. The van der Waals surface area contributed by atoms with Crippen molar-refractivity contribution in [1.82, 2.24) is 19.6 Å². The maximum Gasteiger partial charge on any atom is 0.305 e. The molecule has 1 N–H and O–H groups in total. The summed E-state index contributed by atoms with van der Waals surface area (Å²) in [6.07, 6.45) is 4.21. The van der Waals surface area contributed by atoms with E-state index in [0.717, 1.165) is 42.9 Å². The van der Waals surface area contributed by atoms with Crippen LogP contribution >= 0.6 is 0 Å². The molecule has 1 saturated carbocycles. The van der Waals surface area contributed by atoms with Gasteiger partial charge in [0.25, 0.3) is 0 Å². The summed E-state index contributed by atoms with van der Waals surface area (Å²) in [6, 6.07) is 9.96. The molecule has 0 radical (unpaired) electrons. The van der Waals surface area contributed by atoms with E-state index < -0.39 is 6.10 Å². The van der Waals surface area contributed by atoms with Crippen molar-refractivity contribution in [2.24, 2.45) is 17.8 Å². The summed E-state index contributed by atoms with van der Waals surface area (Å²) in [5.74, 6) is 9.83. The summed E-state index contributed by atoms with van der Waals surface area (Å²) < 4.78 is 12.4. The fraction of sp³-hybridized carbons (Fsp3) is 0.464. The Kier molecular flexibility index (Phi) is 7.21. The van der Waals surface area contributed by atoms with E-state index >= 15 is 0 Å². The summed E-state index contributed by atoms with van der Waals surface area (Å²) in [5, 5.41) is 14.0. The summed E-state index contributed by atoms with van der Waals surface area (Å²) in [6.45, 7) is 7.59. The predicted molar refractivity (Wildman–Crippen MR) is 134 cm³/mol. The highest BCUT2D eigenvalue weighted by molar-refractivity contribution is 5.69. The average Bonchev–Trinajstić information content (AvgIpc) is 3.34. The third-order valence-electron chi connectivity index (χ3n) is 7.00. The van der Waals surface area contributed by atoms with Crippen LogP contribution in [0.3, 0.4) is 0 Å². The first-order valence-corrected chi connectivity index (χ1v) is 12.7. The number of hydrogen-bond acceptors (Lipinski definition) is 7. The number of aliphatic hydroxyl groups excluding tert-OH is 1. The number of aromatic nitrogens is 3. The van der Waals surface area contributed by atoms with Gasteiger partial charge in [-0.25, -0.2) is 4.98 Å². The van der Waals surface area contributed by atoms with Crippen LogP contribution < -0.4 is 0 Å². The van der Waals surface area contributed by atoms with Crippen molar-refractivity contribution in [3.63, 3.8) is 0 Å². The molecule has 36 heavy (non-hydrogen) atoms. The number of piperidine rings is 1. The number of benzene rings is 1. The number of imidazole rings is 1. The fourth-order valence-corrected chi connectivity index (χ4v) is 5.09. The molecule has 2 aliphatic rings. The van der Waals surface area contributed by atoms with Crippen LogP contribution in [0, 0.1) is 29.6 Å². The van der Waals surface area contributed by atoms with Crippen molar-refractivity contribution in [1.29, 1.82) is 0 Å². The molecule has 0 spiro atoms. The second kappa shape index (κ2) is 10.7. The monoisotopic (exact) mass is 488 g/mol. The Morgan fingerprint density at radius 1 is 1.28 bits per heavy atom. The first kappa shape index (κ1) is 24.3. The summed E-state index contributed by atoms with van der Waals surface area (Å²) in [7, 11) is 0. The lowest BCUT2D eigenvalue weighted by molar-refractivity contribution is -0.143. The number of fused-ring (bicyclic) bond motifs is 1. The quantitative estimate of drug-likeness (QED) is 0.364. The molecule has 1 aliphatic carbocycles. The van der Waals surface area contributed by atoms with Gasteiger partial charge in [0, 0.05) is 55.0 Å². The van der Waals surface area contributed by atoms with Crippen LogP contribution in [0.1, 0.15) is 49.9 Å². The normalized spacial score (nSPS) is 21.5. The molecule has 8 nitrogen and oxygen atoms in total. The van der Waals surface area contributed by atoms with Crippen LogP contribution in [0.2, 0.25) is 0 Å². The molecule has 5 rings (SSSR count). The molecule has 0 amide bonds. The van der Waals surface area contributed by atoms with Gasteiger partial charge in [-0.05, 0) is 62.9 Å². The standard InChI is InChI=1S/C28H32N4O4/c1-3-35-27(34)5-4-13-31-17-24-23(25(24)18-31)11-8-20-6-9-21(10-7-20)26-15-22(30-36-26)16-32-14-12-29-28(32)19(2)33/h6-7,9-10,12,14-15,19,23-25,33H,3-5,13,16-18H2,1-2H3/t19-,23?,24?,25?/m0/s1. The van der Waals surface area contributed by atoms with Gasteiger partial charge < -0.3 is 23.8 Å².